The number of hydrogen-bond donors (Lipinski definition) is 2. The van der Waals surface area contributed by atoms with Gasteiger partial charge in [-0.05, 0) is 38.1 Å². The van der Waals surface area contributed by atoms with Gasteiger partial charge < -0.3 is 25.0 Å². The number of nitrogens with zero attached hydrogens (tertiary/aromatic N) is 2. The number of hydrogen-bond acceptors (Lipinski definition) is 4. The van der Waals surface area contributed by atoms with Crippen molar-refractivity contribution in [1.82, 2.24) is 15.5 Å². The maximum atomic E-state index is 5.25. The molecule has 2 N–H and O–H groups in total. The molecule has 1 aromatic rings. The fourth-order valence-corrected chi connectivity index (χ4v) is 2.24. The van der Waals surface area contributed by atoms with Gasteiger partial charge in [-0.3, -0.25) is 0 Å². The average molecular weight is 464 g/mol. The summed E-state index contributed by atoms with van der Waals surface area (Å²) >= 11 is 0. The van der Waals surface area contributed by atoms with E-state index in [1.165, 1.54) is 0 Å². The molecule has 0 aromatic heterocycles. The molecule has 0 heterocycles. The molecule has 0 saturated heterocycles. The first-order valence-electron chi connectivity index (χ1n) is 8.52. The van der Waals surface area contributed by atoms with Crippen LogP contribution in [0.25, 0.3) is 0 Å². The van der Waals surface area contributed by atoms with E-state index in [-0.39, 0.29) is 24.0 Å². The van der Waals surface area contributed by atoms with Gasteiger partial charge in [0.1, 0.15) is 5.75 Å². The first-order valence-corrected chi connectivity index (χ1v) is 8.52. The van der Waals surface area contributed by atoms with Gasteiger partial charge in [0.2, 0.25) is 0 Å². The molecule has 7 heteroatoms. The highest BCUT2D eigenvalue weighted by molar-refractivity contribution is 14.0. The normalized spacial score (nSPS) is 11.2. The molecule has 1 aromatic carbocycles. The van der Waals surface area contributed by atoms with Crippen LogP contribution in [0.15, 0.2) is 29.3 Å². The van der Waals surface area contributed by atoms with Crippen LogP contribution in [0.2, 0.25) is 0 Å². The highest BCUT2D eigenvalue weighted by Gasteiger charge is 2.01. The summed E-state index contributed by atoms with van der Waals surface area (Å²) in [5.41, 5.74) is 1.13. The van der Waals surface area contributed by atoms with Gasteiger partial charge in [-0.15, -0.1) is 24.0 Å². The van der Waals surface area contributed by atoms with Crippen molar-refractivity contribution in [3.63, 3.8) is 0 Å². The maximum Gasteiger partial charge on any atom is 0.191 e. The fraction of sp³-hybridized carbons (Fsp3) is 0.611. The van der Waals surface area contributed by atoms with Crippen LogP contribution in [0.5, 0.6) is 5.75 Å². The number of ether oxygens (including phenoxy) is 2. The zero-order valence-electron chi connectivity index (χ0n) is 15.9. The van der Waals surface area contributed by atoms with E-state index >= 15 is 0 Å². The van der Waals surface area contributed by atoms with E-state index in [1.54, 1.807) is 14.2 Å². The lowest BCUT2D eigenvalue weighted by Crippen LogP contribution is -2.41. The first-order chi connectivity index (χ1) is 11.7. The van der Waals surface area contributed by atoms with Crippen molar-refractivity contribution >= 4 is 29.9 Å². The van der Waals surface area contributed by atoms with Gasteiger partial charge in [0.05, 0.1) is 13.7 Å². The number of rotatable bonds is 11. The second-order valence-corrected chi connectivity index (χ2v) is 5.62. The topological polar surface area (TPSA) is 58.1 Å². The van der Waals surface area contributed by atoms with E-state index in [9.17, 15) is 0 Å². The third-order valence-electron chi connectivity index (χ3n) is 3.57. The van der Waals surface area contributed by atoms with Crippen LogP contribution in [-0.2, 0) is 11.3 Å². The Hall–Kier alpha value is -1.06. The predicted octanol–water partition coefficient (Wildman–Crippen LogP) is 2.34. The van der Waals surface area contributed by atoms with E-state index in [0.717, 1.165) is 56.5 Å². The molecule has 0 aliphatic carbocycles. The molecule has 1 rings (SSSR count). The Balaban J connectivity index is 0.00000576. The molecule has 144 valence electrons. The molecule has 0 saturated carbocycles. The Bertz CT molecular complexity index is 486. The molecule has 25 heavy (non-hydrogen) atoms. The lowest BCUT2D eigenvalue weighted by atomic mass is 10.2. The maximum absolute atomic E-state index is 5.25. The molecule has 0 aliphatic rings. The highest BCUT2D eigenvalue weighted by atomic mass is 127. The second kappa shape index (κ2) is 15.2. The van der Waals surface area contributed by atoms with Crippen LogP contribution in [0.3, 0.4) is 0 Å². The van der Waals surface area contributed by atoms with E-state index in [1.807, 2.05) is 18.2 Å². The van der Waals surface area contributed by atoms with Crippen molar-refractivity contribution in [3.05, 3.63) is 29.8 Å². The standard InChI is InChI=1S/C18H32N4O2.HI/c1-5-19-18(20-10-12-22(2)11-7-13-23-3)21-15-16-8-6-9-17(14-16)24-4;/h6,8-9,14H,5,7,10-13,15H2,1-4H3,(H2,19,20,21);1H. The predicted molar refractivity (Wildman–Crippen MR) is 115 cm³/mol. The van der Waals surface area contributed by atoms with E-state index in [4.69, 9.17) is 9.47 Å². The number of halogens is 1. The molecule has 0 spiro atoms. The molecule has 0 aliphatic heterocycles. The largest absolute Gasteiger partial charge is 0.497 e. The van der Waals surface area contributed by atoms with Gasteiger partial charge in [-0.1, -0.05) is 12.1 Å². The summed E-state index contributed by atoms with van der Waals surface area (Å²) in [4.78, 5) is 6.92. The zero-order valence-corrected chi connectivity index (χ0v) is 18.2. The van der Waals surface area contributed by atoms with Crippen molar-refractivity contribution in [2.24, 2.45) is 4.99 Å². The molecular formula is C18H33IN4O2. The second-order valence-electron chi connectivity index (χ2n) is 5.62. The molecule has 0 bridgehead atoms. The quantitative estimate of drug-likeness (QED) is 0.228. The minimum absolute atomic E-state index is 0. The van der Waals surface area contributed by atoms with Crippen molar-refractivity contribution in [1.29, 1.82) is 0 Å². The molecule has 0 amide bonds. The van der Waals surface area contributed by atoms with E-state index in [2.05, 4.69) is 40.6 Å². The first kappa shape index (κ1) is 23.9. The van der Waals surface area contributed by atoms with Gasteiger partial charge in [-0.2, -0.15) is 0 Å². The summed E-state index contributed by atoms with van der Waals surface area (Å²) in [6, 6.07) is 7.99. The summed E-state index contributed by atoms with van der Waals surface area (Å²) < 4.78 is 10.3. The van der Waals surface area contributed by atoms with Crippen molar-refractivity contribution in [2.75, 3.05) is 54.1 Å². The van der Waals surface area contributed by atoms with Gasteiger partial charge >= 0.3 is 0 Å². The van der Waals surface area contributed by atoms with Gasteiger partial charge in [0.15, 0.2) is 5.96 Å². The van der Waals surface area contributed by atoms with Crippen LogP contribution < -0.4 is 15.4 Å². The highest BCUT2D eigenvalue weighted by Crippen LogP contribution is 2.13. The van der Waals surface area contributed by atoms with Crippen LogP contribution in [0.1, 0.15) is 18.9 Å². The van der Waals surface area contributed by atoms with Crippen LogP contribution in [0.4, 0.5) is 0 Å². The van der Waals surface area contributed by atoms with Gasteiger partial charge in [-0.25, -0.2) is 4.99 Å². The van der Waals surface area contributed by atoms with Crippen molar-refractivity contribution < 1.29 is 9.47 Å². The molecule has 0 fully saturated rings. The number of likely N-dealkylation sites (N-methyl/N-ethyl adjacent to an activating group) is 1. The lowest BCUT2D eigenvalue weighted by molar-refractivity contribution is 0.180. The summed E-state index contributed by atoms with van der Waals surface area (Å²) in [5, 5.41) is 6.65. The minimum atomic E-state index is 0. The monoisotopic (exact) mass is 464 g/mol. The van der Waals surface area contributed by atoms with Crippen LogP contribution in [-0.4, -0.2) is 64.9 Å². The minimum Gasteiger partial charge on any atom is -0.497 e. The number of methoxy groups -OCH3 is 2. The molecule has 0 atom stereocenters. The van der Waals surface area contributed by atoms with Crippen LogP contribution >= 0.6 is 24.0 Å². The summed E-state index contributed by atoms with van der Waals surface area (Å²) in [6.45, 7) is 7.19. The average Bonchev–Trinajstić information content (AvgIpc) is 2.60. The Morgan fingerprint density at radius 3 is 2.68 bits per heavy atom. The Kier molecular flexibility index (Phi) is 14.6. The Morgan fingerprint density at radius 1 is 1.20 bits per heavy atom. The smallest absolute Gasteiger partial charge is 0.191 e. The van der Waals surface area contributed by atoms with Gasteiger partial charge in [0, 0.05) is 39.9 Å². The van der Waals surface area contributed by atoms with Gasteiger partial charge in [0.25, 0.3) is 0 Å². The third kappa shape index (κ3) is 11.2. The SMILES string of the molecule is CCNC(=NCc1cccc(OC)c1)NCCN(C)CCCOC.I. The molecule has 0 radical (unpaired) electrons. The Morgan fingerprint density at radius 2 is 2.00 bits per heavy atom. The number of guanidine groups is 1. The van der Waals surface area contributed by atoms with E-state index < -0.39 is 0 Å². The van der Waals surface area contributed by atoms with E-state index in [0.29, 0.717) is 6.54 Å². The van der Waals surface area contributed by atoms with Crippen LogP contribution in [0, 0.1) is 0 Å². The number of benzene rings is 1. The third-order valence-corrected chi connectivity index (χ3v) is 3.57. The Labute approximate surface area is 169 Å². The number of aliphatic imine (C=N–C) groups is 1. The zero-order chi connectivity index (χ0) is 17.6. The van der Waals surface area contributed by atoms with Crippen molar-refractivity contribution in [3.8, 4) is 5.75 Å². The summed E-state index contributed by atoms with van der Waals surface area (Å²) in [5.74, 6) is 1.70. The summed E-state index contributed by atoms with van der Waals surface area (Å²) in [7, 11) is 5.54. The number of nitrogens with one attached hydrogen (secondary N) is 2. The molecular weight excluding hydrogens is 431 g/mol. The molecule has 0 unspecified atom stereocenters. The van der Waals surface area contributed by atoms with Crippen molar-refractivity contribution in [2.45, 2.75) is 19.9 Å². The molecule has 6 nitrogen and oxygen atoms in total. The fourth-order valence-electron chi connectivity index (χ4n) is 2.24. The lowest BCUT2D eigenvalue weighted by Gasteiger charge is -2.18. The summed E-state index contributed by atoms with van der Waals surface area (Å²) in [6.07, 6.45) is 1.05.